The Labute approximate surface area is 332 Å². The molecule has 0 saturated carbocycles. The van der Waals surface area contributed by atoms with E-state index in [9.17, 15) is 23.6 Å². The Bertz CT molecular complexity index is 2290. The molecule has 4 heterocycles. The van der Waals surface area contributed by atoms with Crippen LogP contribution in [0.1, 0.15) is 62.9 Å². The average Bonchev–Trinajstić information content (AvgIpc) is 3.89. The van der Waals surface area contributed by atoms with Crippen LogP contribution in [0, 0.1) is 5.82 Å². The number of aryl methyl sites for hydroxylation is 1. The van der Waals surface area contributed by atoms with E-state index in [0.717, 1.165) is 12.6 Å². The summed E-state index contributed by atoms with van der Waals surface area (Å²) in [7, 11) is 1.46. The minimum absolute atomic E-state index is 0.0237. The van der Waals surface area contributed by atoms with Crippen LogP contribution in [0.25, 0.3) is 5.69 Å². The number of nitrogens with one attached hydrogen (secondary N) is 2. The van der Waals surface area contributed by atoms with Crippen molar-refractivity contribution in [2.24, 2.45) is 0 Å². The number of ether oxygens (including phenoxy) is 2. The van der Waals surface area contributed by atoms with E-state index in [0.29, 0.717) is 30.9 Å². The van der Waals surface area contributed by atoms with Crippen LogP contribution in [0.4, 0.5) is 4.39 Å². The van der Waals surface area contributed by atoms with Gasteiger partial charge in [-0.3, -0.25) is 24.0 Å². The van der Waals surface area contributed by atoms with Gasteiger partial charge < -0.3 is 39.6 Å². The number of carboxylic acid groups (broad SMARTS) is 1. The number of carboxylic acids is 1. The van der Waals surface area contributed by atoms with Crippen LogP contribution in [0.2, 0.25) is 0 Å². The van der Waals surface area contributed by atoms with Crippen molar-refractivity contribution in [2.45, 2.75) is 52.1 Å². The number of carbonyl (C=O) groups excluding carboxylic acids is 4. The standard InChI is InChI=1S/C38H38FN9O6.C2H4O2/c1-3-46-12-10-40-34(46)19-41-36(50)25-15-26-17-30(16-25)54-29-14-24(13-27(39)18-29)23-53-33-9-11-47(20-31(33)42-35(49)22-45(2)37(26)51)38(52)32-21-48(44-43-32)28-7-5-4-6-8-28;1-2(3)4/h4-8,10,12-18,21,31,33H,3,9,11,19-20,22-23H2,1-2H3,(H,41,50)(H,42,49);1H3,(H,3,4)/t31-,33+;/m1./s1. The monoisotopic (exact) mass is 795 g/mol. The second-order valence-electron chi connectivity index (χ2n) is 13.6. The highest BCUT2D eigenvalue weighted by molar-refractivity contribution is 6.01. The molecule has 2 aliphatic heterocycles. The van der Waals surface area contributed by atoms with Gasteiger partial charge in [-0.05, 0) is 61.4 Å². The van der Waals surface area contributed by atoms with Crippen molar-refractivity contribution < 1.29 is 42.9 Å². The van der Waals surface area contributed by atoms with Crippen LogP contribution in [0.3, 0.4) is 0 Å². The van der Waals surface area contributed by atoms with Gasteiger partial charge >= 0.3 is 0 Å². The predicted octanol–water partition coefficient (Wildman–Crippen LogP) is 3.44. The molecule has 3 aromatic carbocycles. The molecular formula is C40H42FN9O8. The molecule has 18 heteroatoms. The summed E-state index contributed by atoms with van der Waals surface area (Å²) in [6.07, 6.45) is 4.80. The number of carbonyl (C=O) groups is 5. The Balaban J connectivity index is 0.00000135. The van der Waals surface area contributed by atoms with Gasteiger partial charge in [0.1, 0.15) is 23.1 Å². The van der Waals surface area contributed by atoms with Gasteiger partial charge in [0.05, 0.1) is 43.7 Å². The van der Waals surface area contributed by atoms with Crippen LogP contribution in [-0.2, 0) is 34.0 Å². The number of benzene rings is 3. The van der Waals surface area contributed by atoms with Gasteiger partial charge in [-0.1, -0.05) is 23.4 Å². The molecule has 1 fully saturated rings. The van der Waals surface area contributed by atoms with Crippen molar-refractivity contribution in [1.29, 1.82) is 0 Å². The molecule has 17 nitrogen and oxygen atoms in total. The van der Waals surface area contributed by atoms with Crippen molar-refractivity contribution in [1.82, 2.24) is 45.0 Å². The predicted molar refractivity (Wildman–Crippen MR) is 205 cm³/mol. The van der Waals surface area contributed by atoms with Gasteiger partial charge in [-0.15, -0.1) is 5.10 Å². The molecule has 0 aliphatic carbocycles. The number of likely N-dealkylation sites (tertiary alicyclic amines) is 1. The first-order chi connectivity index (χ1) is 27.9. The molecule has 4 bridgehead atoms. The molecule has 2 atom stereocenters. The number of hydrogen-bond donors (Lipinski definition) is 3. The van der Waals surface area contributed by atoms with Crippen molar-refractivity contribution >= 4 is 29.6 Å². The number of hydrogen-bond acceptors (Lipinski definition) is 10. The fourth-order valence-corrected chi connectivity index (χ4v) is 6.52. The first-order valence-electron chi connectivity index (χ1n) is 18.4. The molecule has 0 unspecified atom stereocenters. The molecule has 1 saturated heterocycles. The van der Waals surface area contributed by atoms with Crippen molar-refractivity contribution in [3.05, 3.63) is 119 Å². The number of fused-ring (bicyclic) bond motifs is 5. The number of aromatic nitrogens is 5. The molecule has 3 N–H and O–H groups in total. The number of imidazole rings is 1. The summed E-state index contributed by atoms with van der Waals surface area (Å²) >= 11 is 0. The molecule has 4 amide bonds. The van der Waals surface area contributed by atoms with Crippen LogP contribution in [0.5, 0.6) is 11.5 Å². The minimum atomic E-state index is -0.833. The molecule has 0 radical (unpaired) electrons. The lowest BCUT2D eigenvalue weighted by atomic mass is 10.0. The Kier molecular flexibility index (Phi) is 12.9. The van der Waals surface area contributed by atoms with E-state index < -0.39 is 41.7 Å². The summed E-state index contributed by atoms with van der Waals surface area (Å²) in [4.78, 5) is 70.3. The first kappa shape index (κ1) is 40.7. The zero-order valence-electron chi connectivity index (χ0n) is 32.0. The second kappa shape index (κ2) is 18.3. The van der Waals surface area contributed by atoms with Gasteiger partial charge in [-0.25, -0.2) is 14.1 Å². The van der Waals surface area contributed by atoms with Gasteiger partial charge in [0.15, 0.2) is 5.69 Å². The van der Waals surface area contributed by atoms with E-state index in [1.807, 2.05) is 41.8 Å². The Morgan fingerprint density at radius 1 is 1.05 bits per heavy atom. The molecule has 7 rings (SSSR count). The third kappa shape index (κ3) is 10.3. The number of amides is 4. The first-order valence-corrected chi connectivity index (χ1v) is 18.4. The minimum Gasteiger partial charge on any atom is -0.481 e. The molecule has 302 valence electrons. The van der Waals surface area contributed by atoms with Gasteiger partial charge in [0, 0.05) is 63.2 Å². The lowest BCUT2D eigenvalue weighted by Crippen LogP contribution is -2.58. The van der Waals surface area contributed by atoms with Crippen LogP contribution >= 0.6 is 0 Å². The molecule has 2 aromatic heterocycles. The van der Waals surface area contributed by atoms with E-state index in [-0.39, 0.29) is 60.5 Å². The molecule has 0 spiro atoms. The SMILES string of the molecule is CC(=O)O.CCn1ccnc1CNC(=O)c1cc2cc(c1)C(=O)N(C)CC(=O)N[C@@H]1CN(C(=O)c3cn(-c4ccccc4)nn3)CC[C@@H]1OCc1cc(F)cc(c1)O2. The van der Waals surface area contributed by atoms with E-state index in [1.54, 1.807) is 29.6 Å². The molecular weight excluding hydrogens is 753 g/mol. The summed E-state index contributed by atoms with van der Waals surface area (Å²) in [5.74, 6) is -2.44. The van der Waals surface area contributed by atoms with E-state index in [2.05, 4.69) is 25.9 Å². The lowest BCUT2D eigenvalue weighted by Gasteiger charge is -2.38. The third-order valence-corrected chi connectivity index (χ3v) is 9.24. The van der Waals surface area contributed by atoms with Crippen LogP contribution < -0.4 is 15.4 Å². The maximum Gasteiger partial charge on any atom is 0.300 e. The van der Waals surface area contributed by atoms with E-state index >= 15 is 0 Å². The molecule has 58 heavy (non-hydrogen) atoms. The van der Waals surface area contributed by atoms with E-state index in [4.69, 9.17) is 19.4 Å². The van der Waals surface area contributed by atoms with E-state index in [1.165, 1.54) is 47.0 Å². The lowest BCUT2D eigenvalue weighted by molar-refractivity contribution is -0.134. The van der Waals surface area contributed by atoms with Gasteiger partial charge in [0.2, 0.25) is 5.91 Å². The number of aliphatic carboxylic acids is 1. The van der Waals surface area contributed by atoms with Crippen LogP contribution in [0.15, 0.2) is 85.3 Å². The zero-order valence-corrected chi connectivity index (χ0v) is 32.0. The largest absolute Gasteiger partial charge is 0.481 e. The number of piperidine rings is 1. The van der Waals surface area contributed by atoms with Crippen molar-refractivity contribution in [2.75, 3.05) is 26.7 Å². The maximum absolute atomic E-state index is 14.9. The zero-order chi connectivity index (χ0) is 41.3. The highest BCUT2D eigenvalue weighted by Gasteiger charge is 2.35. The van der Waals surface area contributed by atoms with Gasteiger partial charge in [0.25, 0.3) is 23.7 Å². The smallest absolute Gasteiger partial charge is 0.300 e. The number of para-hydroxylation sites is 1. The normalized spacial score (nSPS) is 16.9. The third-order valence-electron chi connectivity index (χ3n) is 9.24. The fraction of sp³-hybridized carbons (Fsp3) is 0.300. The van der Waals surface area contributed by atoms with Gasteiger partial charge in [-0.2, -0.15) is 0 Å². The Morgan fingerprint density at radius 3 is 2.57 bits per heavy atom. The molecule has 5 aromatic rings. The Hall–Kier alpha value is -6.95. The van der Waals surface area contributed by atoms with Crippen LogP contribution in [-0.4, -0.2) is 108 Å². The average molecular weight is 796 g/mol. The maximum atomic E-state index is 14.9. The topological polar surface area (TPSA) is 203 Å². The quantitative estimate of drug-likeness (QED) is 0.227. The summed E-state index contributed by atoms with van der Waals surface area (Å²) in [6.45, 7) is 3.88. The second-order valence-corrected chi connectivity index (χ2v) is 13.6. The number of likely N-dealkylation sites (N-methyl/N-ethyl adjacent to an activating group) is 1. The highest BCUT2D eigenvalue weighted by Crippen LogP contribution is 2.28. The Morgan fingerprint density at radius 2 is 1.81 bits per heavy atom. The summed E-state index contributed by atoms with van der Waals surface area (Å²) < 4.78 is 30.6. The van der Waals surface area contributed by atoms with Crippen molar-refractivity contribution in [3.63, 3.8) is 0 Å². The summed E-state index contributed by atoms with van der Waals surface area (Å²) in [6, 6.07) is 17.0. The molecule has 2 aliphatic rings. The summed E-state index contributed by atoms with van der Waals surface area (Å²) in [5.41, 5.74) is 1.52. The fourth-order valence-electron chi connectivity index (χ4n) is 6.52. The number of rotatable bonds is 6. The van der Waals surface area contributed by atoms with Crippen molar-refractivity contribution in [3.8, 4) is 17.2 Å². The highest BCUT2D eigenvalue weighted by atomic mass is 19.1. The summed E-state index contributed by atoms with van der Waals surface area (Å²) in [5, 5.41) is 21.4. The number of halogens is 1. The number of nitrogens with zero attached hydrogens (tertiary/aromatic N) is 7.